The summed E-state index contributed by atoms with van der Waals surface area (Å²) in [7, 11) is 1.57. The van der Waals surface area contributed by atoms with E-state index < -0.39 is 36.1 Å². The Balaban J connectivity index is 1.27. The minimum absolute atomic E-state index is 0.0471. The van der Waals surface area contributed by atoms with E-state index in [-0.39, 0.29) is 36.8 Å². The van der Waals surface area contributed by atoms with Gasteiger partial charge in [-0.25, -0.2) is 10.2 Å². The fourth-order valence-electron chi connectivity index (χ4n) is 6.74. The first kappa shape index (κ1) is 25.7. The van der Waals surface area contributed by atoms with E-state index in [2.05, 4.69) is 10.5 Å². The Bertz CT molecular complexity index is 1050. The van der Waals surface area contributed by atoms with Gasteiger partial charge in [-0.15, -0.1) is 0 Å². The summed E-state index contributed by atoms with van der Waals surface area (Å²) in [5, 5.41) is 25.8. The van der Waals surface area contributed by atoms with E-state index in [4.69, 9.17) is 9.47 Å². The molecule has 1 aromatic rings. The maximum atomic E-state index is 13.6. The molecular weight excluding hydrogens is 478 g/mol. The van der Waals surface area contributed by atoms with Crippen LogP contribution in [-0.2, 0) is 20.9 Å². The lowest BCUT2D eigenvalue weighted by Crippen LogP contribution is -2.55. The number of benzene rings is 1. The SMILES string of the molecule is COc1ccc(COC(=O)NN=C2C[C@@H](O)[C@@H](O)[C@@H]3[C@H]4C(=O)N(C5CCCCC5)C(=O)[C@@H]4CC[C@@H]23)cc1. The Kier molecular flexibility index (Phi) is 7.48. The molecule has 3 amide bonds. The molecule has 3 aliphatic carbocycles. The predicted molar refractivity (Wildman–Crippen MR) is 132 cm³/mol. The van der Waals surface area contributed by atoms with Crippen molar-refractivity contribution in [3.05, 3.63) is 29.8 Å². The van der Waals surface area contributed by atoms with E-state index in [0.717, 1.165) is 37.7 Å². The molecule has 4 aliphatic rings. The Morgan fingerprint density at radius 1 is 1.03 bits per heavy atom. The van der Waals surface area contributed by atoms with Crippen molar-refractivity contribution in [2.75, 3.05) is 7.11 Å². The van der Waals surface area contributed by atoms with Gasteiger partial charge in [-0.3, -0.25) is 14.5 Å². The molecular formula is C27H35N3O7. The third-order valence-electron chi connectivity index (χ3n) is 8.57. The maximum Gasteiger partial charge on any atom is 0.428 e. The number of imide groups is 1. The number of nitrogens with zero attached hydrogens (tertiary/aromatic N) is 2. The number of aliphatic hydroxyl groups excluding tert-OH is 2. The second-order valence-corrected chi connectivity index (χ2v) is 10.6. The van der Waals surface area contributed by atoms with Crippen molar-refractivity contribution < 1.29 is 34.1 Å². The summed E-state index contributed by atoms with van der Waals surface area (Å²) in [5.74, 6) is -1.74. The average Bonchev–Trinajstić information content (AvgIpc) is 3.18. The van der Waals surface area contributed by atoms with Gasteiger partial charge < -0.3 is 19.7 Å². The number of aliphatic hydroxyl groups is 2. The molecule has 200 valence electrons. The first-order valence-electron chi connectivity index (χ1n) is 13.2. The van der Waals surface area contributed by atoms with Crippen LogP contribution in [0.3, 0.4) is 0 Å². The molecule has 0 aromatic heterocycles. The van der Waals surface area contributed by atoms with E-state index in [1.54, 1.807) is 31.4 Å². The molecule has 1 saturated heterocycles. The smallest absolute Gasteiger partial charge is 0.428 e. The number of rotatable bonds is 5. The number of nitrogens with one attached hydrogen (secondary N) is 1. The van der Waals surface area contributed by atoms with Crippen LogP contribution in [0.2, 0.25) is 0 Å². The molecule has 10 nitrogen and oxygen atoms in total. The molecule has 4 fully saturated rings. The molecule has 3 N–H and O–H groups in total. The fraction of sp³-hybridized carbons (Fsp3) is 0.630. The van der Waals surface area contributed by atoms with Crippen LogP contribution in [0, 0.1) is 23.7 Å². The molecule has 0 bridgehead atoms. The number of carbonyl (C=O) groups excluding carboxylic acids is 3. The summed E-state index contributed by atoms with van der Waals surface area (Å²) in [6, 6.07) is 7.05. The number of hydrogen-bond acceptors (Lipinski definition) is 8. The normalized spacial score (nSPS) is 33.2. The summed E-state index contributed by atoms with van der Waals surface area (Å²) in [6.45, 7) is 0.0471. The van der Waals surface area contributed by atoms with Crippen molar-refractivity contribution >= 4 is 23.6 Å². The third-order valence-corrected chi connectivity index (χ3v) is 8.57. The van der Waals surface area contributed by atoms with Gasteiger partial charge in [0, 0.05) is 30.0 Å². The van der Waals surface area contributed by atoms with Crippen molar-refractivity contribution in [2.24, 2.45) is 28.8 Å². The van der Waals surface area contributed by atoms with Crippen LogP contribution in [-0.4, -0.2) is 64.1 Å². The molecule has 5 rings (SSSR count). The molecule has 1 aromatic carbocycles. The summed E-state index contributed by atoms with van der Waals surface area (Å²) in [5.41, 5.74) is 3.70. The highest BCUT2D eigenvalue weighted by molar-refractivity contribution is 6.06. The van der Waals surface area contributed by atoms with E-state index >= 15 is 0 Å². The van der Waals surface area contributed by atoms with E-state index in [9.17, 15) is 24.6 Å². The Labute approximate surface area is 216 Å². The van der Waals surface area contributed by atoms with Crippen molar-refractivity contribution in [3.63, 3.8) is 0 Å². The largest absolute Gasteiger partial charge is 0.497 e. The second-order valence-electron chi connectivity index (χ2n) is 10.6. The fourth-order valence-corrected chi connectivity index (χ4v) is 6.74. The second kappa shape index (κ2) is 10.8. The predicted octanol–water partition coefficient (Wildman–Crippen LogP) is 2.36. The zero-order chi connectivity index (χ0) is 26.1. The Hall–Kier alpha value is -2.98. The van der Waals surface area contributed by atoms with Crippen molar-refractivity contribution in [1.29, 1.82) is 0 Å². The van der Waals surface area contributed by atoms with Crippen molar-refractivity contribution in [3.8, 4) is 5.75 Å². The molecule has 0 radical (unpaired) electrons. The topological polar surface area (TPSA) is 138 Å². The molecule has 37 heavy (non-hydrogen) atoms. The number of hydrazone groups is 1. The van der Waals surface area contributed by atoms with Crippen LogP contribution in [0.1, 0.15) is 56.9 Å². The van der Waals surface area contributed by atoms with Crippen LogP contribution in [0.25, 0.3) is 0 Å². The Morgan fingerprint density at radius 3 is 2.43 bits per heavy atom. The number of fused-ring (bicyclic) bond motifs is 3. The zero-order valence-electron chi connectivity index (χ0n) is 21.0. The summed E-state index contributed by atoms with van der Waals surface area (Å²) < 4.78 is 10.4. The van der Waals surface area contributed by atoms with E-state index in [1.165, 1.54) is 4.90 Å². The number of likely N-dealkylation sites (tertiary alicyclic amines) is 1. The Morgan fingerprint density at radius 2 is 1.73 bits per heavy atom. The lowest BCUT2D eigenvalue weighted by atomic mass is 9.60. The lowest BCUT2D eigenvalue weighted by Gasteiger charge is -2.45. The zero-order valence-corrected chi connectivity index (χ0v) is 21.0. The molecule has 3 saturated carbocycles. The van der Waals surface area contributed by atoms with Gasteiger partial charge in [-0.1, -0.05) is 31.4 Å². The minimum atomic E-state index is -1.14. The van der Waals surface area contributed by atoms with Gasteiger partial charge >= 0.3 is 6.09 Å². The summed E-state index contributed by atoms with van der Waals surface area (Å²) in [6.07, 6.45) is 2.89. The van der Waals surface area contributed by atoms with Crippen LogP contribution in [0.15, 0.2) is 29.4 Å². The monoisotopic (exact) mass is 513 g/mol. The van der Waals surface area contributed by atoms with Gasteiger partial charge in [0.1, 0.15) is 12.4 Å². The van der Waals surface area contributed by atoms with E-state index in [0.29, 0.717) is 24.3 Å². The van der Waals surface area contributed by atoms with Crippen LogP contribution < -0.4 is 10.2 Å². The molecule has 1 heterocycles. The number of amides is 3. The quantitative estimate of drug-likeness (QED) is 0.406. The number of carbonyl (C=O) groups is 3. The van der Waals surface area contributed by atoms with Crippen molar-refractivity contribution in [1.82, 2.24) is 10.3 Å². The standard InChI is InChI=1S/C27H35N3O7/c1-36-17-9-7-15(8-10-17)14-37-27(35)29-28-20-13-21(31)24(32)22-18(20)11-12-19-23(22)26(34)30(25(19)33)16-5-3-2-4-6-16/h7-10,16,18-19,21-24,31-32H,2-6,11-14H2,1H3,(H,29,35)/t18-,19+,21+,22-,23-,24+/m0/s1. The summed E-state index contributed by atoms with van der Waals surface area (Å²) in [4.78, 5) is 40.6. The summed E-state index contributed by atoms with van der Waals surface area (Å²) >= 11 is 0. The third kappa shape index (κ3) is 4.96. The lowest BCUT2D eigenvalue weighted by molar-refractivity contribution is -0.145. The molecule has 1 aliphatic heterocycles. The highest BCUT2D eigenvalue weighted by Gasteiger charge is 2.60. The van der Waals surface area contributed by atoms with E-state index in [1.807, 2.05) is 0 Å². The average molecular weight is 514 g/mol. The van der Waals surface area contributed by atoms with Crippen LogP contribution in [0.5, 0.6) is 5.75 Å². The highest BCUT2D eigenvalue weighted by atomic mass is 16.6. The van der Waals surface area contributed by atoms with Gasteiger partial charge in [0.25, 0.3) is 0 Å². The number of hydrogen-bond donors (Lipinski definition) is 3. The molecule has 10 heteroatoms. The molecule has 0 spiro atoms. The van der Waals surface area contributed by atoms with Gasteiger partial charge in [0.05, 0.1) is 31.2 Å². The van der Waals surface area contributed by atoms with Gasteiger partial charge in [-0.05, 0) is 43.4 Å². The van der Waals surface area contributed by atoms with Gasteiger partial charge in [0.15, 0.2) is 0 Å². The highest BCUT2D eigenvalue weighted by Crippen LogP contribution is 2.50. The first-order valence-corrected chi connectivity index (χ1v) is 13.2. The number of methoxy groups -OCH3 is 1. The van der Waals surface area contributed by atoms with Crippen LogP contribution in [0.4, 0.5) is 4.79 Å². The molecule has 6 atom stereocenters. The number of ether oxygens (including phenoxy) is 2. The van der Waals surface area contributed by atoms with Crippen molar-refractivity contribution in [2.45, 2.75) is 76.2 Å². The first-order chi connectivity index (χ1) is 17.9. The van der Waals surface area contributed by atoms with Gasteiger partial charge in [-0.2, -0.15) is 5.10 Å². The van der Waals surface area contributed by atoms with Gasteiger partial charge in [0.2, 0.25) is 11.8 Å². The minimum Gasteiger partial charge on any atom is -0.497 e. The van der Waals surface area contributed by atoms with Crippen LogP contribution >= 0.6 is 0 Å². The maximum absolute atomic E-state index is 13.6. The molecule has 0 unspecified atom stereocenters.